The van der Waals surface area contributed by atoms with E-state index >= 15 is 0 Å². The first-order valence-electron chi connectivity index (χ1n) is 12.2. The molecule has 0 aromatic heterocycles. The van der Waals surface area contributed by atoms with Gasteiger partial charge in [-0.2, -0.15) is 0 Å². The number of hydrogen-bond acceptors (Lipinski definition) is 6. The molecule has 2 aromatic rings. The van der Waals surface area contributed by atoms with Gasteiger partial charge in [-0.15, -0.1) is 0 Å². The second-order valence-electron chi connectivity index (χ2n) is 9.14. The first kappa shape index (κ1) is 27.6. The first-order chi connectivity index (χ1) is 17.7. The molecule has 4 rings (SSSR count). The molecule has 1 amide bonds. The number of carbonyl (C=O) groups is 4. The van der Waals surface area contributed by atoms with Crippen molar-refractivity contribution in [2.24, 2.45) is 5.92 Å². The minimum Gasteiger partial charge on any atom is -0.473 e. The molecule has 9 nitrogen and oxygen atoms in total. The third-order valence-electron chi connectivity index (χ3n) is 6.19. The number of hydrogen-bond donors (Lipinski definition) is 2. The maximum atomic E-state index is 13.0. The highest BCUT2D eigenvalue weighted by atomic mass is 16.6. The lowest BCUT2D eigenvalue weighted by molar-refractivity contribution is -0.160. The SMILES string of the molecule is CC(C)C(=O)OC1c2ccccc2C(=O)N1CCCN1CC=C(c2ccccc2)CC1.O=C(O)C(=O)O. The van der Waals surface area contributed by atoms with E-state index in [1.54, 1.807) is 4.90 Å². The summed E-state index contributed by atoms with van der Waals surface area (Å²) in [5, 5.41) is 14.8. The van der Waals surface area contributed by atoms with Crippen molar-refractivity contribution < 1.29 is 34.1 Å². The van der Waals surface area contributed by atoms with Gasteiger partial charge in [0.15, 0.2) is 0 Å². The lowest BCUT2D eigenvalue weighted by Crippen LogP contribution is -2.36. The molecular formula is C28H32N2O7. The summed E-state index contributed by atoms with van der Waals surface area (Å²) in [5.74, 6) is -4.22. The van der Waals surface area contributed by atoms with Crippen LogP contribution in [0.15, 0.2) is 60.7 Å². The number of ether oxygens (including phenoxy) is 1. The summed E-state index contributed by atoms with van der Waals surface area (Å²) in [6, 6.07) is 18.0. The Hall–Kier alpha value is -3.98. The van der Waals surface area contributed by atoms with E-state index in [0.29, 0.717) is 12.1 Å². The Morgan fingerprint density at radius 1 is 0.973 bits per heavy atom. The van der Waals surface area contributed by atoms with Crippen LogP contribution in [0.1, 0.15) is 54.4 Å². The molecule has 2 N–H and O–H groups in total. The molecule has 37 heavy (non-hydrogen) atoms. The van der Waals surface area contributed by atoms with Gasteiger partial charge in [0.1, 0.15) is 0 Å². The first-order valence-corrected chi connectivity index (χ1v) is 12.2. The lowest BCUT2D eigenvalue weighted by Gasteiger charge is -2.29. The van der Waals surface area contributed by atoms with Crippen LogP contribution < -0.4 is 0 Å². The molecule has 0 spiro atoms. The van der Waals surface area contributed by atoms with Crippen LogP contribution in [-0.4, -0.2) is 70.0 Å². The highest BCUT2D eigenvalue weighted by Crippen LogP contribution is 2.35. The van der Waals surface area contributed by atoms with Crippen molar-refractivity contribution in [2.75, 3.05) is 26.2 Å². The molecule has 9 heteroatoms. The maximum Gasteiger partial charge on any atom is 0.414 e. The quantitative estimate of drug-likeness (QED) is 0.429. The van der Waals surface area contributed by atoms with Crippen molar-refractivity contribution in [2.45, 2.75) is 32.9 Å². The Morgan fingerprint density at radius 2 is 1.62 bits per heavy atom. The van der Waals surface area contributed by atoms with Crippen molar-refractivity contribution in [3.05, 3.63) is 77.4 Å². The van der Waals surface area contributed by atoms with Crippen LogP contribution in [0, 0.1) is 5.92 Å². The van der Waals surface area contributed by atoms with Crippen molar-refractivity contribution in [1.29, 1.82) is 0 Å². The summed E-state index contributed by atoms with van der Waals surface area (Å²) in [4.78, 5) is 47.5. The Kier molecular flexibility index (Phi) is 9.57. The standard InChI is InChI=1S/C26H30N2O3.C2H2O4/c1-19(2)26(30)31-25-23-12-7-6-11-22(23)24(29)28(25)16-8-15-27-17-13-21(14-18-27)20-9-4-3-5-10-20;3-1(4)2(5)6/h3-7,9-13,19,25H,8,14-18H2,1-2H3;(H,3,4)(H,5,6). The number of benzene rings is 2. The highest BCUT2D eigenvalue weighted by Gasteiger charge is 2.39. The van der Waals surface area contributed by atoms with Crippen molar-refractivity contribution >= 4 is 29.4 Å². The summed E-state index contributed by atoms with van der Waals surface area (Å²) in [7, 11) is 0. The van der Waals surface area contributed by atoms with E-state index in [1.165, 1.54) is 11.1 Å². The van der Waals surface area contributed by atoms with Gasteiger partial charge in [0.2, 0.25) is 6.23 Å². The zero-order chi connectivity index (χ0) is 26.9. The number of carboxylic acid groups (broad SMARTS) is 2. The van der Waals surface area contributed by atoms with E-state index < -0.39 is 18.2 Å². The molecule has 2 aliphatic heterocycles. The zero-order valence-electron chi connectivity index (χ0n) is 21.0. The maximum absolute atomic E-state index is 13.0. The summed E-state index contributed by atoms with van der Waals surface area (Å²) in [6.45, 7) is 7.02. The number of rotatable bonds is 7. The van der Waals surface area contributed by atoms with E-state index in [9.17, 15) is 9.59 Å². The zero-order valence-corrected chi connectivity index (χ0v) is 21.0. The van der Waals surface area contributed by atoms with Gasteiger partial charge in [0.25, 0.3) is 5.91 Å². The van der Waals surface area contributed by atoms with Gasteiger partial charge >= 0.3 is 17.9 Å². The van der Waals surface area contributed by atoms with Gasteiger partial charge in [-0.3, -0.25) is 19.4 Å². The lowest BCUT2D eigenvalue weighted by atomic mass is 9.99. The van der Waals surface area contributed by atoms with E-state index in [-0.39, 0.29) is 17.8 Å². The predicted molar refractivity (Wildman–Crippen MR) is 137 cm³/mol. The van der Waals surface area contributed by atoms with Crippen LogP contribution in [0.5, 0.6) is 0 Å². The van der Waals surface area contributed by atoms with Gasteiger partial charge < -0.3 is 14.9 Å². The Bertz CT molecular complexity index is 1150. The molecule has 0 radical (unpaired) electrons. The van der Waals surface area contributed by atoms with E-state index in [4.69, 9.17) is 24.5 Å². The van der Waals surface area contributed by atoms with Crippen LogP contribution in [0.2, 0.25) is 0 Å². The fourth-order valence-electron chi connectivity index (χ4n) is 4.22. The molecule has 2 aliphatic rings. The largest absolute Gasteiger partial charge is 0.473 e. The van der Waals surface area contributed by atoms with Crippen molar-refractivity contribution in [1.82, 2.24) is 9.80 Å². The molecule has 1 unspecified atom stereocenters. The van der Waals surface area contributed by atoms with Crippen LogP contribution in [0.25, 0.3) is 5.57 Å². The van der Waals surface area contributed by atoms with E-state index in [0.717, 1.165) is 38.0 Å². The van der Waals surface area contributed by atoms with Gasteiger partial charge in [-0.1, -0.05) is 68.5 Å². The van der Waals surface area contributed by atoms with E-state index in [2.05, 4.69) is 35.2 Å². The summed E-state index contributed by atoms with van der Waals surface area (Å²) in [6.07, 6.45) is 3.56. The smallest absolute Gasteiger partial charge is 0.414 e. The predicted octanol–water partition coefficient (Wildman–Crippen LogP) is 3.68. The molecule has 0 saturated heterocycles. The number of carbonyl (C=O) groups excluding carboxylic acids is 2. The number of aliphatic carboxylic acids is 2. The summed E-state index contributed by atoms with van der Waals surface area (Å²) >= 11 is 0. The molecule has 0 aliphatic carbocycles. The normalized spacial score (nSPS) is 16.9. The van der Waals surface area contributed by atoms with Crippen LogP contribution >= 0.6 is 0 Å². The van der Waals surface area contributed by atoms with Gasteiger partial charge in [0.05, 0.1) is 5.92 Å². The average molecular weight is 509 g/mol. The molecular weight excluding hydrogens is 476 g/mol. The third-order valence-corrected chi connectivity index (χ3v) is 6.19. The Morgan fingerprint density at radius 3 is 2.22 bits per heavy atom. The van der Waals surface area contributed by atoms with Crippen LogP contribution in [0.4, 0.5) is 0 Å². The fraction of sp³-hybridized carbons (Fsp3) is 0.357. The second-order valence-corrected chi connectivity index (χ2v) is 9.14. The summed E-state index contributed by atoms with van der Waals surface area (Å²) < 4.78 is 5.73. The fourth-order valence-corrected chi connectivity index (χ4v) is 4.22. The second kappa shape index (κ2) is 12.8. The monoisotopic (exact) mass is 508 g/mol. The number of carboxylic acids is 2. The van der Waals surface area contributed by atoms with Crippen LogP contribution in [0.3, 0.4) is 0 Å². The van der Waals surface area contributed by atoms with Crippen LogP contribution in [-0.2, 0) is 19.1 Å². The van der Waals surface area contributed by atoms with Crippen molar-refractivity contribution in [3.63, 3.8) is 0 Å². The van der Waals surface area contributed by atoms with Crippen molar-refractivity contribution in [3.8, 4) is 0 Å². The van der Waals surface area contributed by atoms with E-state index in [1.807, 2.05) is 44.2 Å². The molecule has 2 aromatic carbocycles. The van der Waals surface area contributed by atoms with Gasteiger partial charge in [-0.05, 0) is 30.0 Å². The summed E-state index contributed by atoms with van der Waals surface area (Å²) in [5.41, 5.74) is 4.13. The number of esters is 1. The van der Waals surface area contributed by atoms with Gasteiger partial charge in [-0.25, -0.2) is 9.59 Å². The van der Waals surface area contributed by atoms with Gasteiger partial charge in [0, 0.05) is 37.3 Å². The number of amides is 1. The number of fused-ring (bicyclic) bond motifs is 1. The molecule has 0 saturated carbocycles. The Labute approximate surface area is 215 Å². The molecule has 0 bridgehead atoms. The molecule has 196 valence electrons. The highest BCUT2D eigenvalue weighted by molar-refractivity contribution is 6.27. The average Bonchev–Trinajstić information content (AvgIpc) is 3.16. The molecule has 2 heterocycles. The molecule has 1 atom stereocenters. The molecule has 0 fully saturated rings. The third kappa shape index (κ3) is 7.27. The number of nitrogens with zero attached hydrogens (tertiary/aromatic N) is 2. The Balaban J connectivity index is 0.000000568. The topological polar surface area (TPSA) is 124 Å². The minimum atomic E-state index is -1.82. The minimum absolute atomic E-state index is 0.0536.